The van der Waals surface area contributed by atoms with Gasteiger partial charge in [-0.15, -0.1) is 0 Å². The highest BCUT2D eigenvalue weighted by Gasteiger charge is 2.01. The number of esters is 1. The van der Waals surface area contributed by atoms with Crippen LogP contribution in [-0.4, -0.2) is 17.0 Å². The minimum absolute atomic E-state index is 0.00294. The number of hydrogen-bond acceptors (Lipinski definition) is 2. The van der Waals surface area contributed by atoms with Gasteiger partial charge in [0, 0.05) is 6.42 Å². The molecule has 0 amide bonds. The maximum atomic E-state index is 11.5. The number of ether oxygens (including phenoxy) is 1. The third kappa shape index (κ3) is 24.2. The van der Waals surface area contributed by atoms with E-state index in [1.54, 1.807) is 0 Å². The number of unbranched alkanes of at least 4 members (excludes halogenated alkanes) is 18. The lowest BCUT2D eigenvalue weighted by Crippen LogP contribution is -2.05. The van der Waals surface area contributed by atoms with Gasteiger partial charge in [-0.2, -0.15) is 0 Å². The topological polar surface area (TPSA) is 26.3 Å². The van der Waals surface area contributed by atoms with Gasteiger partial charge in [0.25, 0.3) is 0 Å². The van der Waals surface area contributed by atoms with Crippen LogP contribution in [0.4, 0.5) is 0 Å². The molecule has 0 rings (SSSR count). The summed E-state index contributed by atoms with van der Waals surface area (Å²) < 4.78 is 6.41. The zero-order chi connectivity index (χ0) is 20.5. The number of hydrogen-bond donors (Lipinski definition) is 0. The van der Waals surface area contributed by atoms with Crippen molar-refractivity contribution in [3.05, 3.63) is 0 Å². The summed E-state index contributed by atoms with van der Waals surface area (Å²) in [5.74, 6) is -0.00294. The highest BCUT2D eigenvalue weighted by atomic mass is 127. The SMILES string of the molecule is CCCCCCCCCCCCCCCCCCCCOC(=O)CCCCI. The van der Waals surface area contributed by atoms with Gasteiger partial charge in [0.15, 0.2) is 0 Å². The number of carbonyl (C=O) groups excluding carboxylic acids is 1. The maximum Gasteiger partial charge on any atom is 0.305 e. The van der Waals surface area contributed by atoms with Crippen molar-refractivity contribution in [2.75, 3.05) is 11.0 Å². The lowest BCUT2D eigenvalue weighted by molar-refractivity contribution is -0.143. The Morgan fingerprint density at radius 3 is 1.36 bits per heavy atom. The van der Waals surface area contributed by atoms with E-state index in [1.807, 2.05) is 0 Å². The Balaban J connectivity index is 3.06. The molecule has 0 aliphatic heterocycles. The van der Waals surface area contributed by atoms with Crippen LogP contribution in [0, 0.1) is 0 Å². The lowest BCUT2D eigenvalue weighted by Gasteiger charge is -2.05. The Labute approximate surface area is 190 Å². The number of halogens is 1. The Morgan fingerprint density at radius 1 is 0.571 bits per heavy atom. The van der Waals surface area contributed by atoms with Gasteiger partial charge in [0.1, 0.15) is 0 Å². The molecule has 3 heteroatoms. The molecule has 0 aliphatic carbocycles. The summed E-state index contributed by atoms with van der Waals surface area (Å²) in [5.41, 5.74) is 0. The summed E-state index contributed by atoms with van der Waals surface area (Å²) in [4.78, 5) is 11.5. The minimum atomic E-state index is -0.00294. The molecule has 0 fully saturated rings. The molecule has 0 heterocycles. The monoisotopic (exact) mass is 508 g/mol. The van der Waals surface area contributed by atoms with Gasteiger partial charge in [-0.25, -0.2) is 0 Å². The molecular weight excluding hydrogens is 459 g/mol. The van der Waals surface area contributed by atoms with Gasteiger partial charge >= 0.3 is 5.97 Å². The lowest BCUT2D eigenvalue weighted by atomic mass is 10.0. The summed E-state index contributed by atoms with van der Waals surface area (Å²) in [5, 5.41) is 0. The first-order valence-corrected chi connectivity index (χ1v) is 14.1. The van der Waals surface area contributed by atoms with E-state index in [1.165, 1.54) is 109 Å². The van der Waals surface area contributed by atoms with Crippen LogP contribution in [0.15, 0.2) is 0 Å². The first-order valence-electron chi connectivity index (χ1n) is 12.5. The van der Waals surface area contributed by atoms with Crippen molar-refractivity contribution in [1.82, 2.24) is 0 Å². The fourth-order valence-corrected chi connectivity index (χ4v) is 4.17. The molecule has 168 valence electrons. The largest absolute Gasteiger partial charge is 0.466 e. The quantitative estimate of drug-likeness (QED) is 0.0595. The summed E-state index contributed by atoms with van der Waals surface area (Å²) >= 11 is 2.35. The number of rotatable bonds is 23. The molecule has 0 aromatic rings. The maximum absolute atomic E-state index is 11.5. The van der Waals surface area contributed by atoms with Crippen LogP contribution in [-0.2, 0) is 9.53 Å². The average Bonchev–Trinajstić information content (AvgIpc) is 2.70. The summed E-state index contributed by atoms with van der Waals surface area (Å²) in [7, 11) is 0. The van der Waals surface area contributed by atoms with E-state index in [0.717, 1.165) is 23.7 Å². The van der Waals surface area contributed by atoms with E-state index < -0.39 is 0 Å². The van der Waals surface area contributed by atoms with Crippen LogP contribution in [0.25, 0.3) is 0 Å². The molecule has 0 saturated carbocycles. The summed E-state index contributed by atoms with van der Waals surface area (Å²) in [6.45, 7) is 2.92. The Kier molecular flexibility index (Phi) is 25.4. The van der Waals surface area contributed by atoms with Crippen molar-refractivity contribution in [3.8, 4) is 0 Å². The van der Waals surface area contributed by atoms with E-state index in [9.17, 15) is 4.79 Å². The molecule has 0 N–H and O–H groups in total. The van der Waals surface area contributed by atoms with Crippen LogP contribution in [0.3, 0.4) is 0 Å². The molecule has 2 nitrogen and oxygen atoms in total. The average molecular weight is 509 g/mol. The van der Waals surface area contributed by atoms with Crippen LogP contribution >= 0.6 is 22.6 Å². The van der Waals surface area contributed by atoms with Gasteiger partial charge < -0.3 is 4.74 Å². The van der Waals surface area contributed by atoms with Crippen molar-refractivity contribution >= 4 is 28.6 Å². The second-order valence-corrected chi connectivity index (χ2v) is 9.46. The molecule has 0 atom stereocenters. The van der Waals surface area contributed by atoms with Crippen molar-refractivity contribution in [3.63, 3.8) is 0 Å². The Morgan fingerprint density at radius 2 is 0.964 bits per heavy atom. The fourth-order valence-electron chi connectivity index (χ4n) is 3.63. The van der Waals surface area contributed by atoms with E-state index in [-0.39, 0.29) is 5.97 Å². The van der Waals surface area contributed by atoms with E-state index in [2.05, 4.69) is 29.5 Å². The van der Waals surface area contributed by atoms with Gasteiger partial charge in [-0.05, 0) is 23.7 Å². The van der Waals surface area contributed by atoms with Gasteiger partial charge in [0.2, 0.25) is 0 Å². The van der Waals surface area contributed by atoms with Crippen molar-refractivity contribution in [2.45, 2.75) is 142 Å². The predicted octanol–water partition coefficient (Wildman–Crippen LogP) is 9.18. The van der Waals surface area contributed by atoms with Crippen LogP contribution in [0.2, 0.25) is 0 Å². The molecule has 28 heavy (non-hydrogen) atoms. The van der Waals surface area contributed by atoms with Gasteiger partial charge in [0.05, 0.1) is 6.61 Å². The zero-order valence-corrected chi connectivity index (χ0v) is 21.1. The van der Waals surface area contributed by atoms with Gasteiger partial charge in [-0.1, -0.05) is 139 Å². The van der Waals surface area contributed by atoms with Crippen LogP contribution in [0.5, 0.6) is 0 Å². The molecule has 0 aromatic carbocycles. The Hall–Kier alpha value is 0.200. The van der Waals surface area contributed by atoms with Crippen LogP contribution < -0.4 is 0 Å². The van der Waals surface area contributed by atoms with Crippen molar-refractivity contribution in [1.29, 1.82) is 0 Å². The molecule has 0 unspecified atom stereocenters. The van der Waals surface area contributed by atoms with E-state index in [4.69, 9.17) is 4.74 Å². The molecule has 0 saturated heterocycles. The molecule has 0 radical (unpaired) electrons. The van der Waals surface area contributed by atoms with Crippen molar-refractivity contribution < 1.29 is 9.53 Å². The molecule has 0 aliphatic rings. The first kappa shape index (κ1) is 28.2. The standard InChI is InChI=1S/C25H49IO2/c1-2-3-4-5-6-7-8-9-10-11-12-13-14-15-16-17-18-21-24-28-25(27)22-19-20-23-26/h2-24H2,1H3. The molecule has 0 spiro atoms. The normalized spacial score (nSPS) is 11.1. The second-order valence-electron chi connectivity index (χ2n) is 8.38. The third-order valence-corrected chi connectivity index (χ3v) is 6.29. The highest BCUT2D eigenvalue weighted by Crippen LogP contribution is 2.14. The fraction of sp³-hybridized carbons (Fsp3) is 0.960. The smallest absolute Gasteiger partial charge is 0.305 e. The van der Waals surface area contributed by atoms with Gasteiger partial charge in [-0.3, -0.25) is 4.79 Å². The molecule has 0 bridgehead atoms. The second kappa shape index (κ2) is 25.2. The first-order chi connectivity index (χ1) is 13.8. The summed E-state index contributed by atoms with van der Waals surface area (Å²) in [6.07, 6.45) is 27.6. The minimum Gasteiger partial charge on any atom is -0.466 e. The summed E-state index contributed by atoms with van der Waals surface area (Å²) in [6, 6.07) is 0. The van der Waals surface area contributed by atoms with Crippen molar-refractivity contribution in [2.24, 2.45) is 0 Å². The van der Waals surface area contributed by atoms with Crippen LogP contribution in [0.1, 0.15) is 142 Å². The Bertz CT molecular complexity index is 307. The highest BCUT2D eigenvalue weighted by molar-refractivity contribution is 14.1. The third-order valence-electron chi connectivity index (χ3n) is 5.53. The van der Waals surface area contributed by atoms with E-state index in [0.29, 0.717) is 13.0 Å². The molecular formula is C25H49IO2. The zero-order valence-electron chi connectivity index (χ0n) is 19.0. The predicted molar refractivity (Wildman–Crippen MR) is 132 cm³/mol. The number of carbonyl (C=O) groups is 1. The molecule has 0 aromatic heterocycles. The number of alkyl halides is 1. The van der Waals surface area contributed by atoms with E-state index >= 15 is 0 Å².